The number of nitrogens with zero attached hydrogens (tertiary/aromatic N) is 3. The van der Waals surface area contributed by atoms with Gasteiger partial charge in [0.25, 0.3) is 0 Å². The monoisotopic (exact) mass is 230 g/mol. The van der Waals surface area contributed by atoms with Gasteiger partial charge in [0.15, 0.2) is 0 Å². The van der Waals surface area contributed by atoms with Crippen LogP contribution in [-0.2, 0) is 6.54 Å². The molecule has 0 aliphatic carbocycles. The molecule has 0 atom stereocenters. The minimum atomic E-state index is -0.129. The molecule has 2 aromatic rings. The summed E-state index contributed by atoms with van der Waals surface area (Å²) in [7, 11) is 0. The molecule has 0 fully saturated rings. The quantitative estimate of drug-likeness (QED) is 0.808. The number of carbonyl (C=O) groups excluding carboxylic acids is 1. The number of nitrogen functional groups attached to an aromatic ring is 1. The lowest BCUT2D eigenvalue weighted by Crippen LogP contribution is -2.12. The van der Waals surface area contributed by atoms with E-state index in [0.29, 0.717) is 17.1 Å². The SMILES string of the molecule is CCCn1nccc1C(=O)c1ccc(N)cn1. The van der Waals surface area contributed by atoms with Gasteiger partial charge in [0.2, 0.25) is 5.78 Å². The van der Waals surface area contributed by atoms with E-state index in [9.17, 15) is 4.79 Å². The standard InChI is InChI=1S/C12H14N4O/c1-2-7-16-11(5-6-15-16)12(17)10-4-3-9(13)8-14-10/h3-6,8H,2,7,13H2,1H3. The molecule has 0 bridgehead atoms. The first-order valence-electron chi connectivity index (χ1n) is 5.50. The van der Waals surface area contributed by atoms with Gasteiger partial charge in [-0.15, -0.1) is 0 Å². The van der Waals surface area contributed by atoms with Crippen LogP contribution in [0.15, 0.2) is 30.6 Å². The predicted octanol–water partition coefficient (Wildman–Crippen LogP) is 1.50. The molecule has 17 heavy (non-hydrogen) atoms. The molecule has 0 unspecified atom stereocenters. The van der Waals surface area contributed by atoms with Crippen LogP contribution < -0.4 is 5.73 Å². The van der Waals surface area contributed by atoms with Gasteiger partial charge in [0.05, 0.1) is 11.9 Å². The highest BCUT2D eigenvalue weighted by Gasteiger charge is 2.14. The van der Waals surface area contributed by atoms with Gasteiger partial charge in [-0.2, -0.15) is 5.10 Å². The summed E-state index contributed by atoms with van der Waals surface area (Å²) in [6, 6.07) is 5.00. The second-order valence-corrected chi connectivity index (χ2v) is 3.75. The van der Waals surface area contributed by atoms with E-state index >= 15 is 0 Å². The largest absolute Gasteiger partial charge is 0.397 e. The number of nitrogens with two attached hydrogens (primary N) is 1. The Morgan fingerprint density at radius 2 is 2.24 bits per heavy atom. The maximum atomic E-state index is 12.2. The zero-order valence-corrected chi connectivity index (χ0v) is 9.63. The van der Waals surface area contributed by atoms with Crippen LogP contribution in [0.4, 0.5) is 5.69 Å². The summed E-state index contributed by atoms with van der Waals surface area (Å²) >= 11 is 0. The van der Waals surface area contributed by atoms with E-state index in [-0.39, 0.29) is 5.78 Å². The fourth-order valence-electron chi connectivity index (χ4n) is 1.59. The molecule has 2 rings (SSSR count). The smallest absolute Gasteiger partial charge is 0.229 e. The van der Waals surface area contributed by atoms with Crippen LogP contribution in [0, 0.1) is 0 Å². The average Bonchev–Trinajstić information content (AvgIpc) is 2.78. The van der Waals surface area contributed by atoms with Crippen LogP contribution in [0.5, 0.6) is 0 Å². The minimum absolute atomic E-state index is 0.129. The van der Waals surface area contributed by atoms with Gasteiger partial charge in [-0.1, -0.05) is 6.92 Å². The van der Waals surface area contributed by atoms with Crippen LogP contribution in [0.3, 0.4) is 0 Å². The first-order valence-corrected chi connectivity index (χ1v) is 5.50. The second-order valence-electron chi connectivity index (χ2n) is 3.75. The topological polar surface area (TPSA) is 73.8 Å². The van der Waals surface area contributed by atoms with Crippen molar-refractivity contribution >= 4 is 11.5 Å². The molecule has 5 nitrogen and oxygen atoms in total. The van der Waals surface area contributed by atoms with Crippen LogP contribution in [-0.4, -0.2) is 20.5 Å². The van der Waals surface area contributed by atoms with E-state index in [1.807, 2.05) is 6.92 Å². The zero-order chi connectivity index (χ0) is 12.3. The van der Waals surface area contributed by atoms with Crippen molar-refractivity contribution in [2.75, 3.05) is 5.73 Å². The zero-order valence-electron chi connectivity index (χ0n) is 9.63. The molecule has 0 saturated heterocycles. The number of hydrogen-bond donors (Lipinski definition) is 1. The van der Waals surface area contributed by atoms with Crippen molar-refractivity contribution in [3.05, 3.63) is 42.0 Å². The number of rotatable bonds is 4. The number of anilines is 1. The van der Waals surface area contributed by atoms with Crippen molar-refractivity contribution < 1.29 is 4.79 Å². The molecule has 2 N–H and O–H groups in total. The molecule has 0 radical (unpaired) electrons. The van der Waals surface area contributed by atoms with Crippen molar-refractivity contribution in [1.82, 2.24) is 14.8 Å². The van der Waals surface area contributed by atoms with Gasteiger partial charge in [0.1, 0.15) is 11.4 Å². The molecule has 2 aromatic heterocycles. The Labute approximate surface area is 99.3 Å². The van der Waals surface area contributed by atoms with Gasteiger partial charge in [-0.25, -0.2) is 0 Å². The molecular formula is C12H14N4O. The summed E-state index contributed by atoms with van der Waals surface area (Å²) in [4.78, 5) is 16.2. The third kappa shape index (κ3) is 2.33. The van der Waals surface area contributed by atoms with Gasteiger partial charge >= 0.3 is 0 Å². The fourth-order valence-corrected chi connectivity index (χ4v) is 1.59. The van der Waals surface area contributed by atoms with Crippen molar-refractivity contribution in [1.29, 1.82) is 0 Å². The third-order valence-electron chi connectivity index (χ3n) is 2.40. The maximum Gasteiger partial charge on any atom is 0.229 e. The summed E-state index contributed by atoms with van der Waals surface area (Å²) in [6.45, 7) is 2.76. The van der Waals surface area contributed by atoms with Gasteiger partial charge < -0.3 is 5.73 Å². The molecule has 0 aliphatic heterocycles. The molecule has 0 spiro atoms. The Morgan fingerprint density at radius 3 is 2.88 bits per heavy atom. The summed E-state index contributed by atoms with van der Waals surface area (Å²) in [5.41, 5.74) is 7.02. The minimum Gasteiger partial charge on any atom is -0.397 e. The summed E-state index contributed by atoms with van der Waals surface area (Å²) < 4.78 is 1.69. The average molecular weight is 230 g/mol. The second kappa shape index (κ2) is 4.78. The Morgan fingerprint density at radius 1 is 1.41 bits per heavy atom. The molecular weight excluding hydrogens is 216 g/mol. The molecule has 88 valence electrons. The number of pyridine rings is 1. The van der Waals surface area contributed by atoms with Gasteiger partial charge in [0, 0.05) is 12.7 Å². The molecule has 0 aromatic carbocycles. The van der Waals surface area contributed by atoms with E-state index < -0.39 is 0 Å². The number of hydrogen-bond acceptors (Lipinski definition) is 4. The van der Waals surface area contributed by atoms with E-state index in [1.54, 1.807) is 29.1 Å². The fraction of sp³-hybridized carbons (Fsp3) is 0.250. The number of carbonyl (C=O) groups is 1. The Balaban J connectivity index is 2.30. The van der Waals surface area contributed by atoms with E-state index in [4.69, 9.17) is 5.73 Å². The Hall–Kier alpha value is -2.17. The van der Waals surface area contributed by atoms with Gasteiger partial charge in [-0.05, 0) is 24.6 Å². The molecule has 2 heterocycles. The van der Waals surface area contributed by atoms with Crippen molar-refractivity contribution in [3.8, 4) is 0 Å². The van der Waals surface area contributed by atoms with Crippen LogP contribution in [0.1, 0.15) is 29.5 Å². The number of aryl methyl sites for hydroxylation is 1. The lowest BCUT2D eigenvalue weighted by Gasteiger charge is -2.04. The Kier molecular flexibility index (Phi) is 3.18. The molecule has 0 saturated carbocycles. The van der Waals surface area contributed by atoms with Crippen LogP contribution >= 0.6 is 0 Å². The van der Waals surface area contributed by atoms with Crippen molar-refractivity contribution in [2.45, 2.75) is 19.9 Å². The van der Waals surface area contributed by atoms with Crippen molar-refractivity contribution in [3.63, 3.8) is 0 Å². The van der Waals surface area contributed by atoms with E-state index in [1.165, 1.54) is 6.20 Å². The molecule has 5 heteroatoms. The normalized spacial score (nSPS) is 10.4. The van der Waals surface area contributed by atoms with Crippen molar-refractivity contribution in [2.24, 2.45) is 0 Å². The number of ketones is 1. The third-order valence-corrected chi connectivity index (χ3v) is 2.40. The highest BCUT2D eigenvalue weighted by Crippen LogP contribution is 2.09. The first kappa shape index (κ1) is 11.3. The van der Waals surface area contributed by atoms with Crippen LogP contribution in [0.2, 0.25) is 0 Å². The lowest BCUT2D eigenvalue weighted by molar-refractivity contribution is 0.102. The van der Waals surface area contributed by atoms with Gasteiger partial charge in [-0.3, -0.25) is 14.5 Å². The maximum absolute atomic E-state index is 12.2. The molecule has 0 aliphatic rings. The highest BCUT2D eigenvalue weighted by molar-refractivity contribution is 6.06. The Bertz CT molecular complexity index is 516. The lowest BCUT2D eigenvalue weighted by atomic mass is 10.2. The first-order chi connectivity index (χ1) is 8.22. The molecule has 0 amide bonds. The van der Waals surface area contributed by atoms with E-state index in [2.05, 4.69) is 10.1 Å². The summed E-state index contributed by atoms with van der Waals surface area (Å²) in [5.74, 6) is -0.129. The van der Waals surface area contributed by atoms with E-state index in [0.717, 1.165) is 13.0 Å². The predicted molar refractivity (Wildman–Crippen MR) is 64.6 cm³/mol. The summed E-state index contributed by atoms with van der Waals surface area (Å²) in [6.07, 6.45) is 4.03. The van der Waals surface area contributed by atoms with Crippen LogP contribution in [0.25, 0.3) is 0 Å². The highest BCUT2D eigenvalue weighted by atomic mass is 16.1. The number of aromatic nitrogens is 3. The summed E-state index contributed by atoms with van der Waals surface area (Å²) in [5, 5.41) is 4.11.